The first-order chi connectivity index (χ1) is 14.2. The molecule has 1 aromatic heterocycles. The molecule has 2 aromatic carbocycles. The van der Waals surface area contributed by atoms with Gasteiger partial charge in [0.1, 0.15) is 0 Å². The van der Waals surface area contributed by atoms with Crippen molar-refractivity contribution in [2.45, 2.75) is 17.9 Å². The summed E-state index contributed by atoms with van der Waals surface area (Å²) in [4.78, 5) is 18.7. The molecule has 29 heavy (non-hydrogen) atoms. The molecule has 0 fully saturated rings. The van der Waals surface area contributed by atoms with Crippen LogP contribution in [0.3, 0.4) is 0 Å². The monoisotopic (exact) mass is 432 g/mol. The molecule has 0 spiro atoms. The predicted molar refractivity (Wildman–Crippen MR) is 117 cm³/mol. The minimum absolute atomic E-state index is 0.134. The molecule has 0 bridgehead atoms. The number of ether oxygens (including phenoxy) is 3. The van der Waals surface area contributed by atoms with E-state index in [9.17, 15) is 4.79 Å². The van der Waals surface area contributed by atoms with Crippen LogP contribution < -0.4 is 14.3 Å². The minimum Gasteiger partial charge on any atom is -0.493 e. The molecule has 1 amide bonds. The van der Waals surface area contributed by atoms with E-state index in [1.54, 1.807) is 33.1 Å². The Morgan fingerprint density at radius 1 is 1.10 bits per heavy atom. The van der Waals surface area contributed by atoms with E-state index in [0.717, 1.165) is 15.1 Å². The van der Waals surface area contributed by atoms with Crippen LogP contribution in [0.2, 0.25) is 0 Å². The normalized spacial score (nSPS) is 11.8. The second kappa shape index (κ2) is 10.5. The molecule has 1 heterocycles. The maximum Gasteiger partial charge on any atom is 0.249 e. The van der Waals surface area contributed by atoms with Crippen molar-refractivity contribution < 1.29 is 19.0 Å². The summed E-state index contributed by atoms with van der Waals surface area (Å²) in [6.45, 7) is 1.11. The van der Waals surface area contributed by atoms with Gasteiger partial charge in [0.15, 0.2) is 16.3 Å². The van der Waals surface area contributed by atoms with Crippen LogP contribution in [0.25, 0.3) is 10.2 Å². The summed E-state index contributed by atoms with van der Waals surface area (Å²) in [7, 11) is 4.87. The zero-order chi connectivity index (χ0) is 20.6. The van der Waals surface area contributed by atoms with Crippen molar-refractivity contribution in [3.05, 3.63) is 47.3 Å². The molecular formula is C21H24N2O4S2. The van der Waals surface area contributed by atoms with E-state index >= 15 is 0 Å². The fraction of sp³-hybridized carbons (Fsp3) is 0.333. The Labute approximate surface area is 178 Å². The largest absolute Gasteiger partial charge is 0.493 e. The van der Waals surface area contributed by atoms with Gasteiger partial charge in [-0.25, -0.2) is 0 Å². The van der Waals surface area contributed by atoms with Gasteiger partial charge in [-0.2, -0.15) is 4.99 Å². The number of aromatic nitrogens is 1. The van der Waals surface area contributed by atoms with Crippen molar-refractivity contribution >= 4 is 39.2 Å². The molecule has 0 atom stereocenters. The number of carbonyl (C=O) groups is 1. The molecular weight excluding hydrogens is 408 g/mol. The average molecular weight is 433 g/mol. The number of thioether (sulfide) groups is 1. The summed E-state index contributed by atoms with van der Waals surface area (Å²) in [5.41, 5.74) is 0.940. The van der Waals surface area contributed by atoms with Crippen molar-refractivity contribution in [1.29, 1.82) is 0 Å². The Morgan fingerprint density at radius 3 is 2.52 bits per heavy atom. The number of rotatable bonds is 9. The predicted octanol–water partition coefficient (Wildman–Crippen LogP) is 3.98. The molecule has 3 aromatic rings. The Kier molecular flexibility index (Phi) is 7.74. The zero-order valence-electron chi connectivity index (χ0n) is 16.7. The van der Waals surface area contributed by atoms with Gasteiger partial charge < -0.3 is 18.8 Å². The maximum absolute atomic E-state index is 12.5. The van der Waals surface area contributed by atoms with Gasteiger partial charge >= 0.3 is 0 Å². The molecule has 154 valence electrons. The van der Waals surface area contributed by atoms with Crippen LogP contribution in [0.1, 0.15) is 6.42 Å². The second-order valence-corrected chi connectivity index (χ2v) is 8.30. The summed E-state index contributed by atoms with van der Waals surface area (Å²) in [5.74, 6) is 1.85. The zero-order valence-corrected chi connectivity index (χ0v) is 18.3. The number of hydrogen-bond donors (Lipinski definition) is 0. The number of methoxy groups -OCH3 is 3. The summed E-state index contributed by atoms with van der Waals surface area (Å²) in [6.07, 6.45) is 0.380. The number of amides is 1. The van der Waals surface area contributed by atoms with E-state index in [2.05, 4.69) is 4.99 Å². The molecule has 0 aliphatic heterocycles. The molecule has 0 N–H and O–H groups in total. The fourth-order valence-corrected chi connectivity index (χ4v) is 4.76. The van der Waals surface area contributed by atoms with E-state index in [-0.39, 0.29) is 5.91 Å². The Hall–Kier alpha value is -2.29. The number of benzene rings is 2. The van der Waals surface area contributed by atoms with E-state index in [4.69, 9.17) is 14.2 Å². The van der Waals surface area contributed by atoms with E-state index in [1.807, 2.05) is 47.0 Å². The lowest BCUT2D eigenvalue weighted by Gasteiger charge is -2.09. The lowest BCUT2D eigenvalue weighted by atomic mass is 10.3. The Morgan fingerprint density at radius 2 is 1.83 bits per heavy atom. The standard InChI is InChI=1S/C21H24N2O4S2/c1-25-11-10-23-16-13-17(26-2)18(27-3)14-19(16)29-21(23)22-20(24)9-12-28-15-7-5-4-6-8-15/h4-8,13-14H,9-12H2,1-3H3. The highest BCUT2D eigenvalue weighted by Gasteiger charge is 2.13. The molecule has 0 aliphatic rings. The summed E-state index contributed by atoms with van der Waals surface area (Å²) >= 11 is 3.11. The smallest absolute Gasteiger partial charge is 0.249 e. The molecule has 0 saturated heterocycles. The van der Waals surface area contributed by atoms with Crippen LogP contribution in [0, 0.1) is 0 Å². The minimum atomic E-state index is -0.134. The van der Waals surface area contributed by atoms with E-state index < -0.39 is 0 Å². The number of thiazole rings is 1. The summed E-state index contributed by atoms with van der Waals surface area (Å²) in [6, 6.07) is 13.9. The molecule has 0 radical (unpaired) electrons. The lowest BCUT2D eigenvalue weighted by Crippen LogP contribution is -2.19. The molecule has 0 aliphatic carbocycles. The number of carbonyl (C=O) groups excluding carboxylic acids is 1. The van der Waals surface area contributed by atoms with Gasteiger partial charge in [-0.05, 0) is 12.1 Å². The molecule has 8 heteroatoms. The highest BCUT2D eigenvalue weighted by atomic mass is 32.2. The van der Waals surface area contributed by atoms with E-state index in [0.29, 0.717) is 41.6 Å². The van der Waals surface area contributed by atoms with Gasteiger partial charge in [0, 0.05) is 42.9 Å². The summed E-state index contributed by atoms with van der Waals surface area (Å²) in [5, 5.41) is 0. The first kappa shape index (κ1) is 21.4. The van der Waals surface area contributed by atoms with Crippen LogP contribution in [-0.2, 0) is 16.1 Å². The van der Waals surface area contributed by atoms with Crippen LogP contribution >= 0.6 is 23.1 Å². The van der Waals surface area contributed by atoms with E-state index in [1.165, 1.54) is 11.3 Å². The Balaban J connectivity index is 1.86. The second-order valence-electron chi connectivity index (χ2n) is 6.12. The first-order valence-electron chi connectivity index (χ1n) is 9.16. The molecule has 6 nitrogen and oxygen atoms in total. The first-order valence-corrected chi connectivity index (χ1v) is 11.0. The van der Waals surface area contributed by atoms with Gasteiger partial charge in [0.05, 0.1) is 31.0 Å². The number of hydrogen-bond acceptors (Lipinski definition) is 6. The van der Waals surface area contributed by atoms with Gasteiger partial charge in [0.25, 0.3) is 0 Å². The third-order valence-corrected chi connectivity index (χ3v) is 6.31. The third kappa shape index (κ3) is 5.41. The highest BCUT2D eigenvalue weighted by Crippen LogP contribution is 2.33. The van der Waals surface area contributed by atoms with Crippen molar-refractivity contribution in [3.8, 4) is 11.5 Å². The van der Waals surface area contributed by atoms with Crippen LogP contribution in [0.15, 0.2) is 52.4 Å². The van der Waals surface area contributed by atoms with Crippen LogP contribution in [0.5, 0.6) is 11.5 Å². The van der Waals surface area contributed by atoms with Gasteiger partial charge in [-0.1, -0.05) is 29.5 Å². The molecule has 0 unspecified atom stereocenters. The summed E-state index contributed by atoms with van der Waals surface area (Å²) < 4.78 is 19.0. The quantitative estimate of drug-likeness (QED) is 0.479. The van der Waals surface area contributed by atoms with Gasteiger partial charge in [0.2, 0.25) is 5.91 Å². The van der Waals surface area contributed by atoms with Crippen molar-refractivity contribution in [2.24, 2.45) is 4.99 Å². The van der Waals surface area contributed by atoms with Crippen molar-refractivity contribution in [3.63, 3.8) is 0 Å². The lowest BCUT2D eigenvalue weighted by molar-refractivity contribution is -0.117. The van der Waals surface area contributed by atoms with Crippen LogP contribution in [0.4, 0.5) is 0 Å². The van der Waals surface area contributed by atoms with Gasteiger partial charge in [-0.3, -0.25) is 4.79 Å². The Bertz CT molecular complexity index is 1030. The van der Waals surface area contributed by atoms with Crippen LogP contribution in [-0.4, -0.2) is 44.2 Å². The maximum atomic E-state index is 12.5. The topological polar surface area (TPSA) is 62.1 Å². The average Bonchev–Trinajstić information content (AvgIpc) is 3.07. The van der Waals surface area contributed by atoms with Crippen molar-refractivity contribution in [2.75, 3.05) is 33.7 Å². The molecule has 3 rings (SSSR count). The number of nitrogens with zero attached hydrogens (tertiary/aromatic N) is 2. The molecule has 0 saturated carbocycles. The third-order valence-electron chi connectivity index (χ3n) is 4.26. The van der Waals surface area contributed by atoms with Crippen molar-refractivity contribution in [1.82, 2.24) is 4.57 Å². The highest BCUT2D eigenvalue weighted by molar-refractivity contribution is 7.99. The van der Waals surface area contributed by atoms with Gasteiger partial charge in [-0.15, -0.1) is 11.8 Å². The fourth-order valence-electron chi connectivity index (χ4n) is 2.82. The number of fused-ring (bicyclic) bond motifs is 1. The SMILES string of the molecule is COCCn1c(=NC(=O)CCSc2ccccc2)sc2cc(OC)c(OC)cc21.